The van der Waals surface area contributed by atoms with Gasteiger partial charge in [0.15, 0.2) is 0 Å². The largest absolute Gasteiger partial charge is 0.376 e. The zero-order valence-corrected chi connectivity index (χ0v) is 21.6. The van der Waals surface area contributed by atoms with Crippen molar-refractivity contribution < 1.29 is 5.11 Å². The summed E-state index contributed by atoms with van der Waals surface area (Å²) >= 11 is 7.16. The van der Waals surface area contributed by atoms with Crippen LogP contribution in [0.5, 0.6) is 0 Å². The minimum atomic E-state index is -1.32. The first-order valence-corrected chi connectivity index (χ1v) is 12.2. The molecule has 4 aromatic carbocycles. The maximum Gasteiger partial charge on any atom is 0.141 e. The summed E-state index contributed by atoms with van der Waals surface area (Å²) in [7, 11) is 0. The first-order chi connectivity index (χ1) is 15.2. The summed E-state index contributed by atoms with van der Waals surface area (Å²) in [5.74, 6) is 0. The molecule has 4 rings (SSSR count). The fraction of sp³-hybridized carbons (Fsp3) is 0.172. The topological polar surface area (TPSA) is 20.2 Å². The van der Waals surface area contributed by atoms with E-state index in [4.69, 9.17) is 0 Å². The first kappa shape index (κ1) is 23.0. The Hall–Kier alpha value is -2.20. The van der Waals surface area contributed by atoms with Crippen LogP contribution in [0.3, 0.4) is 0 Å². The minimum Gasteiger partial charge on any atom is -0.376 e. The van der Waals surface area contributed by atoms with Gasteiger partial charge in [-0.3, -0.25) is 0 Å². The van der Waals surface area contributed by atoms with E-state index in [-0.39, 0.29) is 5.41 Å². The van der Waals surface area contributed by atoms with E-state index in [9.17, 15) is 5.11 Å². The molecule has 1 unspecified atom stereocenters. The van der Waals surface area contributed by atoms with Gasteiger partial charge in [0.2, 0.25) is 0 Å². The van der Waals surface area contributed by atoms with Crippen LogP contribution in [0.1, 0.15) is 43.0 Å². The molecule has 0 saturated heterocycles. The van der Waals surface area contributed by atoms with E-state index in [0.717, 1.165) is 36.8 Å². The van der Waals surface area contributed by atoms with E-state index in [1.165, 1.54) is 5.56 Å². The number of halogens is 2. The Bertz CT molecular complexity index is 1210. The van der Waals surface area contributed by atoms with E-state index in [2.05, 4.69) is 95.1 Å². The lowest BCUT2D eigenvalue weighted by molar-refractivity contribution is 0.126. The second-order valence-electron chi connectivity index (χ2n) is 9.10. The highest BCUT2D eigenvalue weighted by Gasteiger charge is 2.36. The van der Waals surface area contributed by atoms with Crippen LogP contribution in [0.15, 0.2) is 106 Å². The Kier molecular flexibility index (Phi) is 6.44. The maximum absolute atomic E-state index is 12.5. The number of hydrogen-bond acceptors (Lipinski definition) is 1. The van der Waals surface area contributed by atoms with Crippen LogP contribution in [0.4, 0.5) is 0 Å². The van der Waals surface area contributed by atoms with E-state index >= 15 is 0 Å². The zero-order chi connectivity index (χ0) is 22.9. The van der Waals surface area contributed by atoms with Crippen molar-refractivity contribution in [2.45, 2.75) is 31.8 Å². The van der Waals surface area contributed by atoms with E-state index in [1.807, 2.05) is 54.6 Å². The average Bonchev–Trinajstić information content (AvgIpc) is 2.79. The fourth-order valence-electron chi connectivity index (χ4n) is 4.07. The van der Waals surface area contributed by atoms with Gasteiger partial charge in [-0.2, -0.15) is 0 Å². The molecule has 0 aromatic heterocycles. The van der Waals surface area contributed by atoms with Crippen LogP contribution >= 0.6 is 31.9 Å². The van der Waals surface area contributed by atoms with Gasteiger partial charge in [-0.05, 0) is 57.5 Å². The highest BCUT2D eigenvalue weighted by Crippen LogP contribution is 2.43. The van der Waals surface area contributed by atoms with Crippen molar-refractivity contribution in [1.82, 2.24) is 0 Å². The number of aliphatic hydroxyl groups is 1. The van der Waals surface area contributed by atoms with Crippen molar-refractivity contribution >= 4 is 31.9 Å². The summed E-state index contributed by atoms with van der Waals surface area (Å²) in [4.78, 5) is 0. The molecule has 1 atom stereocenters. The summed E-state index contributed by atoms with van der Waals surface area (Å²) in [5.41, 5.74) is 4.52. The molecule has 162 valence electrons. The second-order valence-corrected chi connectivity index (χ2v) is 10.9. The first-order valence-electron chi connectivity index (χ1n) is 10.6. The van der Waals surface area contributed by atoms with Crippen molar-refractivity contribution in [3.05, 3.63) is 128 Å². The van der Waals surface area contributed by atoms with E-state index in [0.29, 0.717) is 0 Å². The standard InChI is InChI=1S/C29H26Br2O/c1-28(2,3)21-11-13-23(14-12-21)29(32,22-7-5-4-6-8-22)27-19-25(31)17-18-26(27)20-9-15-24(30)16-10-20/h4-19,32H,1-3H3. The van der Waals surface area contributed by atoms with Crippen LogP contribution in [0, 0.1) is 0 Å². The van der Waals surface area contributed by atoms with Crippen LogP contribution in [-0.4, -0.2) is 5.11 Å². The summed E-state index contributed by atoms with van der Waals surface area (Å²) in [6.45, 7) is 6.60. The van der Waals surface area contributed by atoms with Crippen molar-refractivity contribution in [2.24, 2.45) is 0 Å². The lowest BCUT2D eigenvalue weighted by Crippen LogP contribution is -2.30. The van der Waals surface area contributed by atoms with Gasteiger partial charge in [-0.15, -0.1) is 0 Å². The van der Waals surface area contributed by atoms with Crippen molar-refractivity contribution in [1.29, 1.82) is 0 Å². The molecule has 0 aliphatic heterocycles. The highest BCUT2D eigenvalue weighted by molar-refractivity contribution is 9.10. The van der Waals surface area contributed by atoms with Gasteiger partial charge in [0, 0.05) is 14.5 Å². The third-order valence-corrected chi connectivity index (χ3v) is 6.91. The van der Waals surface area contributed by atoms with Gasteiger partial charge < -0.3 is 5.11 Å². The summed E-state index contributed by atoms with van der Waals surface area (Å²) in [5, 5.41) is 12.5. The Morgan fingerprint density at radius 2 is 1.12 bits per heavy atom. The molecule has 0 amide bonds. The van der Waals surface area contributed by atoms with E-state index < -0.39 is 5.60 Å². The Labute approximate surface area is 207 Å². The van der Waals surface area contributed by atoms with Crippen molar-refractivity contribution in [3.63, 3.8) is 0 Å². The van der Waals surface area contributed by atoms with Crippen LogP contribution in [0.25, 0.3) is 11.1 Å². The normalized spacial score (nSPS) is 13.6. The van der Waals surface area contributed by atoms with Crippen LogP contribution in [0.2, 0.25) is 0 Å². The smallest absolute Gasteiger partial charge is 0.141 e. The quantitative estimate of drug-likeness (QED) is 0.253. The molecule has 4 aromatic rings. The van der Waals surface area contributed by atoms with E-state index in [1.54, 1.807) is 0 Å². The van der Waals surface area contributed by atoms with Crippen LogP contribution < -0.4 is 0 Å². The molecular formula is C29H26Br2O. The molecule has 0 aliphatic rings. The molecular weight excluding hydrogens is 524 g/mol. The number of hydrogen-bond donors (Lipinski definition) is 1. The predicted molar refractivity (Wildman–Crippen MR) is 141 cm³/mol. The Morgan fingerprint density at radius 3 is 1.72 bits per heavy atom. The minimum absolute atomic E-state index is 0.0434. The third kappa shape index (κ3) is 4.47. The van der Waals surface area contributed by atoms with Gasteiger partial charge >= 0.3 is 0 Å². The number of benzene rings is 4. The molecule has 1 N–H and O–H groups in total. The molecule has 3 heteroatoms. The summed E-state index contributed by atoms with van der Waals surface area (Å²) in [6, 6.07) is 32.6. The maximum atomic E-state index is 12.5. The third-order valence-electron chi connectivity index (χ3n) is 5.89. The molecule has 0 fully saturated rings. The van der Waals surface area contributed by atoms with Crippen LogP contribution in [-0.2, 0) is 11.0 Å². The molecule has 0 radical (unpaired) electrons. The summed E-state index contributed by atoms with van der Waals surface area (Å²) in [6.07, 6.45) is 0. The average molecular weight is 550 g/mol. The predicted octanol–water partition coefficient (Wildman–Crippen LogP) is 8.46. The molecule has 1 nitrogen and oxygen atoms in total. The Balaban J connectivity index is 1.99. The SMILES string of the molecule is CC(C)(C)c1ccc(C(O)(c2ccccc2)c2cc(Br)ccc2-c2ccc(Br)cc2)cc1. The molecule has 0 heterocycles. The van der Waals surface area contributed by atoms with Gasteiger partial charge in [0.05, 0.1) is 0 Å². The lowest BCUT2D eigenvalue weighted by Gasteiger charge is -2.33. The highest BCUT2D eigenvalue weighted by atomic mass is 79.9. The van der Waals surface area contributed by atoms with Gasteiger partial charge in [-0.1, -0.05) is 125 Å². The molecule has 0 saturated carbocycles. The molecule has 32 heavy (non-hydrogen) atoms. The molecule has 0 aliphatic carbocycles. The fourth-order valence-corrected chi connectivity index (χ4v) is 4.69. The van der Waals surface area contributed by atoms with Gasteiger partial charge in [0.25, 0.3) is 0 Å². The monoisotopic (exact) mass is 548 g/mol. The van der Waals surface area contributed by atoms with Crippen molar-refractivity contribution in [3.8, 4) is 11.1 Å². The molecule has 0 bridgehead atoms. The lowest BCUT2D eigenvalue weighted by atomic mass is 9.76. The number of rotatable bonds is 4. The van der Waals surface area contributed by atoms with Crippen molar-refractivity contribution in [2.75, 3.05) is 0 Å². The van der Waals surface area contributed by atoms with Gasteiger partial charge in [0.1, 0.15) is 5.60 Å². The zero-order valence-electron chi connectivity index (χ0n) is 18.4. The Morgan fingerprint density at radius 1 is 0.594 bits per heavy atom. The summed E-state index contributed by atoms with van der Waals surface area (Å²) < 4.78 is 1.95. The van der Waals surface area contributed by atoms with Gasteiger partial charge in [-0.25, -0.2) is 0 Å². The second kappa shape index (κ2) is 8.97. The molecule has 0 spiro atoms.